The summed E-state index contributed by atoms with van der Waals surface area (Å²) in [5.74, 6) is 0. The first-order valence-electron chi connectivity index (χ1n) is 4.48. The number of benzene rings is 1. The Kier molecular flexibility index (Phi) is 3.03. The third-order valence-corrected chi connectivity index (χ3v) is 3.40. The zero-order valence-corrected chi connectivity index (χ0v) is 10.5. The number of rotatable bonds is 2. The van der Waals surface area contributed by atoms with Gasteiger partial charge in [-0.25, -0.2) is 9.18 Å². The summed E-state index contributed by atoms with van der Waals surface area (Å²) in [5, 5.41) is 7.32. The molecule has 0 spiro atoms. The van der Waals surface area contributed by atoms with Crippen molar-refractivity contribution in [3.8, 4) is 5.69 Å². The molecule has 1 aromatic heterocycles. The van der Waals surface area contributed by atoms with Crippen LogP contribution in [0.4, 0.5) is 4.39 Å². The lowest BCUT2D eigenvalue weighted by atomic mass is 10.2. The average molecular weight is 334 g/mol. The van der Waals surface area contributed by atoms with Gasteiger partial charge in [0.2, 0.25) is 0 Å². The van der Waals surface area contributed by atoms with E-state index < -0.39 is 6.67 Å². The Morgan fingerprint density at radius 1 is 1.44 bits per heavy atom. The van der Waals surface area contributed by atoms with E-state index in [4.69, 9.17) is 0 Å². The molecule has 1 heterocycles. The van der Waals surface area contributed by atoms with Crippen LogP contribution in [-0.2, 0) is 13.7 Å². The van der Waals surface area contributed by atoms with Crippen molar-refractivity contribution >= 4 is 22.6 Å². The molecule has 84 valence electrons. The van der Waals surface area contributed by atoms with Gasteiger partial charge in [0.25, 0.3) is 0 Å². The van der Waals surface area contributed by atoms with Gasteiger partial charge in [-0.15, -0.1) is 0 Å². The van der Waals surface area contributed by atoms with Crippen LogP contribution in [0.1, 0.15) is 5.56 Å². The fourth-order valence-corrected chi connectivity index (χ4v) is 2.03. The highest BCUT2D eigenvalue weighted by molar-refractivity contribution is 14.1. The molecule has 7 heteroatoms. The van der Waals surface area contributed by atoms with Crippen LogP contribution in [0.15, 0.2) is 23.0 Å². The fourth-order valence-electron chi connectivity index (χ4n) is 1.30. The van der Waals surface area contributed by atoms with Crippen LogP contribution in [0.2, 0.25) is 0 Å². The monoisotopic (exact) mass is 334 g/mol. The summed E-state index contributed by atoms with van der Waals surface area (Å²) >= 11 is 1.99. The lowest BCUT2D eigenvalue weighted by molar-refractivity contribution is 0.483. The molecule has 0 N–H and O–H groups in total. The largest absolute Gasteiger partial charge is 0.368 e. The Morgan fingerprint density at radius 2 is 2.19 bits per heavy atom. The van der Waals surface area contributed by atoms with Crippen molar-refractivity contribution in [2.75, 3.05) is 0 Å². The van der Waals surface area contributed by atoms with E-state index in [0.717, 1.165) is 9.36 Å². The Labute approximate surface area is 104 Å². The summed E-state index contributed by atoms with van der Waals surface area (Å²) in [7, 11) is 1.51. The van der Waals surface area contributed by atoms with Gasteiger partial charge >= 0.3 is 5.69 Å². The predicted molar refractivity (Wildman–Crippen MR) is 64.1 cm³/mol. The van der Waals surface area contributed by atoms with Gasteiger partial charge in [-0.05, 0) is 44.6 Å². The number of aromatic nitrogens is 4. The summed E-state index contributed by atoms with van der Waals surface area (Å²) < 4.78 is 15.6. The zero-order chi connectivity index (χ0) is 11.7. The van der Waals surface area contributed by atoms with Gasteiger partial charge in [-0.3, -0.25) is 0 Å². The average Bonchev–Trinajstić information content (AvgIpc) is 2.61. The summed E-state index contributed by atoms with van der Waals surface area (Å²) in [6.45, 7) is -0.568. The smallest absolute Gasteiger partial charge is 0.246 e. The van der Waals surface area contributed by atoms with E-state index in [0.29, 0.717) is 14.8 Å². The SMILES string of the molecule is Cn1nnn(-c2cccc(CF)c2I)c1=O. The molecule has 0 saturated heterocycles. The second-order valence-corrected chi connectivity index (χ2v) is 4.26. The zero-order valence-electron chi connectivity index (χ0n) is 8.39. The standard InChI is InChI=1S/C9H8FIN4O/c1-14-9(16)15(13-12-14)7-4-2-3-6(5-10)8(7)11/h2-4H,5H2,1H3. The number of nitrogens with zero attached hydrogens (tertiary/aromatic N) is 4. The number of hydrogen-bond donors (Lipinski definition) is 0. The van der Waals surface area contributed by atoms with E-state index in [9.17, 15) is 9.18 Å². The topological polar surface area (TPSA) is 52.7 Å². The van der Waals surface area contributed by atoms with Gasteiger partial charge in [-0.2, -0.15) is 9.36 Å². The molecule has 0 unspecified atom stereocenters. The second-order valence-electron chi connectivity index (χ2n) is 3.18. The Hall–Kier alpha value is -1.25. The highest BCUT2D eigenvalue weighted by Crippen LogP contribution is 2.20. The van der Waals surface area contributed by atoms with E-state index in [-0.39, 0.29) is 5.69 Å². The molecule has 0 aliphatic rings. The van der Waals surface area contributed by atoms with E-state index in [1.807, 2.05) is 22.6 Å². The minimum atomic E-state index is -0.568. The molecule has 0 aliphatic carbocycles. The van der Waals surface area contributed by atoms with Crippen molar-refractivity contribution in [2.24, 2.45) is 7.05 Å². The number of hydrogen-bond acceptors (Lipinski definition) is 3. The van der Waals surface area contributed by atoms with Gasteiger partial charge in [-0.1, -0.05) is 12.1 Å². The van der Waals surface area contributed by atoms with Crippen molar-refractivity contribution in [3.63, 3.8) is 0 Å². The van der Waals surface area contributed by atoms with Crippen molar-refractivity contribution in [3.05, 3.63) is 37.8 Å². The number of aryl methyl sites for hydroxylation is 1. The minimum absolute atomic E-state index is 0.353. The van der Waals surface area contributed by atoms with Crippen molar-refractivity contribution in [1.29, 1.82) is 0 Å². The Bertz CT molecular complexity index is 577. The minimum Gasteiger partial charge on any atom is -0.246 e. The van der Waals surface area contributed by atoms with Gasteiger partial charge in [0, 0.05) is 10.6 Å². The molecule has 0 saturated carbocycles. The van der Waals surface area contributed by atoms with E-state index in [1.54, 1.807) is 18.2 Å². The molecule has 0 aliphatic heterocycles. The van der Waals surface area contributed by atoms with E-state index >= 15 is 0 Å². The molecule has 2 aromatic rings. The van der Waals surface area contributed by atoms with Crippen LogP contribution in [0.3, 0.4) is 0 Å². The third kappa shape index (κ3) is 1.75. The van der Waals surface area contributed by atoms with Crippen molar-refractivity contribution < 1.29 is 4.39 Å². The highest BCUT2D eigenvalue weighted by Gasteiger charge is 2.11. The highest BCUT2D eigenvalue weighted by atomic mass is 127. The van der Waals surface area contributed by atoms with Crippen LogP contribution in [0.5, 0.6) is 0 Å². The summed E-state index contributed by atoms with van der Waals surface area (Å²) in [6, 6.07) is 5.07. The first-order chi connectivity index (χ1) is 7.65. The van der Waals surface area contributed by atoms with Crippen LogP contribution in [0.25, 0.3) is 5.69 Å². The third-order valence-electron chi connectivity index (χ3n) is 2.15. The van der Waals surface area contributed by atoms with E-state index in [1.165, 1.54) is 7.05 Å². The molecule has 0 fully saturated rings. The summed E-state index contributed by atoms with van der Waals surface area (Å²) in [5.41, 5.74) is 0.735. The molecule has 0 amide bonds. The van der Waals surface area contributed by atoms with Crippen molar-refractivity contribution in [2.45, 2.75) is 6.67 Å². The normalized spacial score (nSPS) is 10.7. The quantitative estimate of drug-likeness (QED) is 0.772. The predicted octanol–water partition coefficient (Wildman–Crippen LogP) is 1.04. The van der Waals surface area contributed by atoms with Crippen molar-refractivity contribution in [1.82, 2.24) is 19.8 Å². The molecule has 0 radical (unpaired) electrons. The number of alkyl halides is 1. The van der Waals surface area contributed by atoms with Gasteiger partial charge in [0.05, 0.1) is 5.69 Å². The Morgan fingerprint density at radius 3 is 2.75 bits per heavy atom. The van der Waals surface area contributed by atoms with Gasteiger partial charge in [0.15, 0.2) is 0 Å². The van der Waals surface area contributed by atoms with Gasteiger partial charge in [0.1, 0.15) is 6.67 Å². The van der Waals surface area contributed by atoms with Crippen LogP contribution < -0.4 is 5.69 Å². The maximum Gasteiger partial charge on any atom is 0.368 e. The lowest BCUT2D eigenvalue weighted by Crippen LogP contribution is -2.22. The molecule has 2 rings (SSSR count). The second kappa shape index (κ2) is 4.32. The molecule has 1 aromatic carbocycles. The molecule has 5 nitrogen and oxygen atoms in total. The Balaban J connectivity index is 2.65. The van der Waals surface area contributed by atoms with E-state index in [2.05, 4.69) is 10.4 Å². The summed E-state index contributed by atoms with van der Waals surface area (Å²) in [4.78, 5) is 11.6. The van der Waals surface area contributed by atoms with Gasteiger partial charge < -0.3 is 0 Å². The maximum atomic E-state index is 12.7. The molecule has 16 heavy (non-hydrogen) atoms. The lowest BCUT2D eigenvalue weighted by Gasteiger charge is -2.05. The summed E-state index contributed by atoms with van der Waals surface area (Å²) in [6.07, 6.45) is 0. The van der Waals surface area contributed by atoms with Crippen LogP contribution >= 0.6 is 22.6 Å². The first-order valence-corrected chi connectivity index (χ1v) is 5.55. The maximum absolute atomic E-state index is 12.7. The molecular weight excluding hydrogens is 326 g/mol. The van der Waals surface area contributed by atoms with Crippen LogP contribution in [0, 0.1) is 3.57 Å². The molecule has 0 atom stereocenters. The fraction of sp³-hybridized carbons (Fsp3) is 0.222. The first kappa shape index (κ1) is 11.2. The van der Waals surface area contributed by atoms with Crippen LogP contribution in [-0.4, -0.2) is 19.8 Å². The number of tetrazole rings is 1. The number of halogens is 2. The molecular formula is C9H8FIN4O. The molecule has 0 bridgehead atoms.